The van der Waals surface area contributed by atoms with Crippen LogP contribution in [0.5, 0.6) is 0 Å². The van der Waals surface area contributed by atoms with Crippen molar-refractivity contribution < 1.29 is 9.53 Å². The maximum atomic E-state index is 11.8. The summed E-state index contributed by atoms with van der Waals surface area (Å²) in [6.07, 6.45) is 4.98. The Morgan fingerprint density at radius 3 is 2.68 bits per heavy atom. The number of ether oxygens (including phenoxy) is 1. The van der Waals surface area contributed by atoms with Crippen LogP contribution in [0.4, 0.5) is 0 Å². The zero-order chi connectivity index (χ0) is 14.1. The van der Waals surface area contributed by atoms with E-state index in [4.69, 9.17) is 4.74 Å². The molecule has 4 heteroatoms. The van der Waals surface area contributed by atoms with Gasteiger partial charge in [-0.15, -0.1) is 0 Å². The van der Waals surface area contributed by atoms with Gasteiger partial charge in [-0.1, -0.05) is 13.8 Å². The predicted molar refractivity (Wildman–Crippen MR) is 78.2 cm³/mol. The Labute approximate surface area is 117 Å². The van der Waals surface area contributed by atoms with Crippen LogP contribution in [0, 0.1) is 0 Å². The van der Waals surface area contributed by atoms with Crippen LogP contribution in [0.25, 0.3) is 0 Å². The molecule has 1 atom stereocenters. The second kappa shape index (κ2) is 8.54. The summed E-state index contributed by atoms with van der Waals surface area (Å²) < 4.78 is 5.14. The summed E-state index contributed by atoms with van der Waals surface area (Å²) in [6.45, 7) is 11.0. The molecular weight excluding hydrogens is 240 g/mol. The van der Waals surface area contributed by atoms with Crippen LogP contribution in [-0.4, -0.2) is 49.2 Å². The molecule has 4 nitrogen and oxygen atoms in total. The Morgan fingerprint density at radius 2 is 2.05 bits per heavy atom. The van der Waals surface area contributed by atoms with E-state index in [1.54, 1.807) is 0 Å². The van der Waals surface area contributed by atoms with Crippen molar-refractivity contribution in [3.8, 4) is 0 Å². The van der Waals surface area contributed by atoms with Crippen LogP contribution in [0.2, 0.25) is 0 Å². The topological polar surface area (TPSA) is 41.6 Å². The highest BCUT2D eigenvalue weighted by molar-refractivity contribution is 5.70. The number of carbonyl (C=O) groups excluding carboxylic acids is 1. The highest BCUT2D eigenvalue weighted by atomic mass is 16.5. The average molecular weight is 270 g/mol. The molecular formula is C15H30N2O2. The van der Waals surface area contributed by atoms with Crippen LogP contribution in [-0.2, 0) is 9.53 Å². The maximum Gasteiger partial charge on any atom is 0.307 e. The molecule has 1 rings (SSSR count). The molecule has 1 N–H and O–H groups in total. The number of likely N-dealkylation sites (tertiary alicyclic amines) is 1. The van der Waals surface area contributed by atoms with E-state index in [0.29, 0.717) is 13.0 Å². The summed E-state index contributed by atoms with van der Waals surface area (Å²) in [6, 6.07) is 0. The lowest BCUT2D eigenvalue weighted by Gasteiger charge is -2.33. The first-order valence-corrected chi connectivity index (χ1v) is 7.78. The second-order valence-electron chi connectivity index (χ2n) is 5.49. The van der Waals surface area contributed by atoms with Crippen molar-refractivity contribution in [2.75, 3.05) is 32.8 Å². The van der Waals surface area contributed by atoms with Crippen LogP contribution in [0.1, 0.15) is 52.9 Å². The Hall–Kier alpha value is -0.610. The van der Waals surface area contributed by atoms with E-state index in [-0.39, 0.29) is 11.5 Å². The zero-order valence-corrected chi connectivity index (χ0v) is 12.8. The highest BCUT2D eigenvalue weighted by Gasteiger charge is 2.34. The lowest BCUT2D eigenvalue weighted by atomic mass is 9.87. The molecule has 0 saturated carbocycles. The van der Waals surface area contributed by atoms with E-state index in [1.807, 2.05) is 6.92 Å². The quantitative estimate of drug-likeness (QED) is 0.720. The molecule has 19 heavy (non-hydrogen) atoms. The summed E-state index contributed by atoms with van der Waals surface area (Å²) >= 11 is 0. The summed E-state index contributed by atoms with van der Waals surface area (Å²) in [7, 11) is 0. The smallest absolute Gasteiger partial charge is 0.307 e. The third kappa shape index (κ3) is 5.49. The standard InChI is InChI=1S/C15H30N2O2/c1-4-10-17-11-7-8-15(9-12-17,16-5-2)13-14(18)19-6-3/h16H,4-13H2,1-3H3. The van der Waals surface area contributed by atoms with Crippen LogP contribution in [0.15, 0.2) is 0 Å². The van der Waals surface area contributed by atoms with Crippen LogP contribution in [0.3, 0.4) is 0 Å². The number of hydrogen-bond acceptors (Lipinski definition) is 4. The lowest BCUT2D eigenvalue weighted by Crippen LogP contribution is -2.47. The zero-order valence-electron chi connectivity index (χ0n) is 12.8. The van der Waals surface area contributed by atoms with Gasteiger partial charge in [0, 0.05) is 5.54 Å². The van der Waals surface area contributed by atoms with E-state index in [9.17, 15) is 4.79 Å². The van der Waals surface area contributed by atoms with Crippen molar-refractivity contribution in [3.63, 3.8) is 0 Å². The minimum atomic E-state index is -0.0626. The summed E-state index contributed by atoms with van der Waals surface area (Å²) in [5.41, 5.74) is -0.0521. The molecule has 1 saturated heterocycles. The third-order valence-electron chi connectivity index (χ3n) is 3.92. The SMILES string of the molecule is CCCN1CCCC(CC(=O)OCC)(NCC)CC1. The van der Waals surface area contributed by atoms with E-state index in [0.717, 1.165) is 38.9 Å². The van der Waals surface area contributed by atoms with Crippen LogP contribution < -0.4 is 5.32 Å². The normalized spacial score (nSPS) is 25.0. The molecule has 0 aliphatic carbocycles. The molecule has 1 fully saturated rings. The number of esters is 1. The van der Waals surface area contributed by atoms with Gasteiger partial charge >= 0.3 is 5.97 Å². The van der Waals surface area contributed by atoms with Gasteiger partial charge in [-0.05, 0) is 58.8 Å². The van der Waals surface area contributed by atoms with E-state index < -0.39 is 0 Å². The van der Waals surface area contributed by atoms with Crippen molar-refractivity contribution >= 4 is 5.97 Å². The van der Waals surface area contributed by atoms with Crippen LogP contribution >= 0.6 is 0 Å². The molecule has 1 aliphatic rings. The number of nitrogens with zero attached hydrogens (tertiary/aromatic N) is 1. The predicted octanol–water partition coefficient (Wildman–Crippen LogP) is 2.18. The van der Waals surface area contributed by atoms with E-state index in [1.165, 1.54) is 13.0 Å². The lowest BCUT2D eigenvalue weighted by molar-refractivity contribution is -0.145. The van der Waals surface area contributed by atoms with Gasteiger partial charge in [0.15, 0.2) is 0 Å². The molecule has 1 unspecified atom stereocenters. The molecule has 1 aliphatic heterocycles. The summed E-state index contributed by atoms with van der Waals surface area (Å²) in [5, 5.41) is 3.56. The number of rotatable bonds is 7. The fourth-order valence-electron chi connectivity index (χ4n) is 3.07. The fraction of sp³-hybridized carbons (Fsp3) is 0.933. The van der Waals surface area contributed by atoms with Crippen molar-refractivity contribution in [3.05, 3.63) is 0 Å². The van der Waals surface area contributed by atoms with Gasteiger partial charge < -0.3 is 15.0 Å². The summed E-state index contributed by atoms with van der Waals surface area (Å²) in [5.74, 6) is -0.0626. The number of hydrogen-bond donors (Lipinski definition) is 1. The van der Waals surface area contributed by atoms with Crippen molar-refractivity contribution in [1.82, 2.24) is 10.2 Å². The Morgan fingerprint density at radius 1 is 1.26 bits per heavy atom. The first kappa shape index (κ1) is 16.4. The van der Waals surface area contributed by atoms with Gasteiger partial charge in [0.25, 0.3) is 0 Å². The summed E-state index contributed by atoms with van der Waals surface area (Å²) in [4.78, 5) is 14.4. The first-order valence-electron chi connectivity index (χ1n) is 7.78. The first-order chi connectivity index (χ1) is 9.15. The monoisotopic (exact) mass is 270 g/mol. The largest absolute Gasteiger partial charge is 0.466 e. The molecule has 0 aromatic rings. The second-order valence-corrected chi connectivity index (χ2v) is 5.49. The highest BCUT2D eigenvalue weighted by Crippen LogP contribution is 2.26. The molecule has 112 valence electrons. The molecule has 0 aromatic carbocycles. The number of nitrogens with one attached hydrogen (secondary N) is 1. The molecule has 1 heterocycles. The third-order valence-corrected chi connectivity index (χ3v) is 3.92. The Balaban J connectivity index is 2.62. The molecule has 0 bridgehead atoms. The molecule has 0 aromatic heterocycles. The van der Waals surface area contributed by atoms with Crippen molar-refractivity contribution in [2.24, 2.45) is 0 Å². The van der Waals surface area contributed by atoms with Crippen molar-refractivity contribution in [2.45, 2.75) is 58.4 Å². The number of carbonyl (C=O) groups is 1. The maximum absolute atomic E-state index is 11.8. The Kier molecular flexibility index (Phi) is 7.39. The minimum Gasteiger partial charge on any atom is -0.466 e. The van der Waals surface area contributed by atoms with E-state index in [2.05, 4.69) is 24.1 Å². The van der Waals surface area contributed by atoms with Gasteiger partial charge in [0.2, 0.25) is 0 Å². The molecule has 0 amide bonds. The van der Waals surface area contributed by atoms with Gasteiger partial charge in [-0.2, -0.15) is 0 Å². The van der Waals surface area contributed by atoms with E-state index >= 15 is 0 Å². The fourth-order valence-corrected chi connectivity index (χ4v) is 3.07. The van der Waals surface area contributed by atoms with Gasteiger partial charge in [-0.25, -0.2) is 0 Å². The average Bonchev–Trinajstić information content (AvgIpc) is 2.54. The minimum absolute atomic E-state index is 0.0521. The van der Waals surface area contributed by atoms with Gasteiger partial charge in [0.1, 0.15) is 0 Å². The molecule has 0 spiro atoms. The van der Waals surface area contributed by atoms with Gasteiger partial charge in [-0.3, -0.25) is 4.79 Å². The van der Waals surface area contributed by atoms with Crippen molar-refractivity contribution in [1.29, 1.82) is 0 Å². The Bertz CT molecular complexity index is 271. The van der Waals surface area contributed by atoms with Gasteiger partial charge in [0.05, 0.1) is 13.0 Å². The molecule has 0 radical (unpaired) electrons.